The number of halogens is 1. The van der Waals surface area contributed by atoms with Gasteiger partial charge in [0.15, 0.2) is 11.4 Å². The van der Waals surface area contributed by atoms with Crippen LogP contribution in [0.25, 0.3) is 0 Å². The molecule has 78 valence electrons. The van der Waals surface area contributed by atoms with E-state index in [2.05, 4.69) is 10.3 Å². The zero-order chi connectivity index (χ0) is 11.3. The molecule has 0 bridgehead atoms. The van der Waals surface area contributed by atoms with E-state index in [-0.39, 0.29) is 5.82 Å². The maximum Gasteiger partial charge on any atom is 0.183 e. The van der Waals surface area contributed by atoms with Gasteiger partial charge in [0.1, 0.15) is 5.82 Å². The molecule has 0 saturated heterocycles. The van der Waals surface area contributed by atoms with Gasteiger partial charge in [0.25, 0.3) is 0 Å². The van der Waals surface area contributed by atoms with Gasteiger partial charge in [0.2, 0.25) is 0 Å². The molecule has 0 aliphatic heterocycles. The fraction of sp³-hybridized carbons (Fsp3) is 0.200. The molecule has 1 aromatic carbocycles. The predicted octanol–water partition coefficient (Wildman–Crippen LogP) is 2.56. The summed E-state index contributed by atoms with van der Waals surface area (Å²) in [6.45, 7) is 1.65. The minimum absolute atomic E-state index is 0.298. The first-order valence-corrected chi connectivity index (χ1v) is 5.44. The van der Waals surface area contributed by atoms with Crippen molar-refractivity contribution in [3.05, 3.63) is 29.6 Å². The monoisotopic (exact) mass is 223 g/mol. The number of amidine groups is 1. The van der Waals surface area contributed by atoms with Crippen LogP contribution in [-0.4, -0.2) is 11.4 Å². The molecule has 0 fully saturated rings. The predicted molar refractivity (Wildman–Crippen MR) is 60.5 cm³/mol. The van der Waals surface area contributed by atoms with Crippen molar-refractivity contribution in [1.29, 1.82) is 5.26 Å². The van der Waals surface area contributed by atoms with Crippen molar-refractivity contribution in [3.8, 4) is 6.19 Å². The van der Waals surface area contributed by atoms with Gasteiger partial charge in [0, 0.05) is 5.56 Å². The minimum Gasteiger partial charge on any atom is -0.271 e. The first-order chi connectivity index (χ1) is 7.19. The van der Waals surface area contributed by atoms with Crippen molar-refractivity contribution in [3.63, 3.8) is 0 Å². The Morgan fingerprint density at radius 3 is 2.93 bits per heavy atom. The van der Waals surface area contributed by atoms with Crippen molar-refractivity contribution < 1.29 is 4.39 Å². The van der Waals surface area contributed by atoms with E-state index in [9.17, 15) is 4.39 Å². The molecule has 1 N–H and O–H groups in total. The van der Waals surface area contributed by atoms with Gasteiger partial charge in [0.05, 0.1) is 5.69 Å². The number of hydrogen-bond donors (Lipinski definition) is 1. The number of nitrogens with one attached hydrogen (secondary N) is 1. The standard InChI is InChI=1S/C10H10FN3S/c1-7-8(11)4-3-5-9(7)14-10(15-2)13-6-12/h3-5H,1-2H3,(H,13,14). The van der Waals surface area contributed by atoms with Crippen LogP contribution in [0, 0.1) is 24.2 Å². The Morgan fingerprint density at radius 1 is 1.60 bits per heavy atom. The maximum atomic E-state index is 13.2. The smallest absolute Gasteiger partial charge is 0.183 e. The summed E-state index contributed by atoms with van der Waals surface area (Å²) in [5.74, 6) is -0.298. The van der Waals surface area contributed by atoms with Crippen molar-refractivity contribution in [2.24, 2.45) is 4.99 Å². The van der Waals surface area contributed by atoms with Gasteiger partial charge in [-0.15, -0.1) is 0 Å². The van der Waals surface area contributed by atoms with E-state index in [1.165, 1.54) is 17.8 Å². The van der Waals surface area contributed by atoms with Gasteiger partial charge in [-0.1, -0.05) is 17.8 Å². The Hall–Kier alpha value is -1.54. The third-order valence-corrected chi connectivity index (χ3v) is 2.40. The van der Waals surface area contributed by atoms with E-state index in [1.54, 1.807) is 31.5 Å². The largest absolute Gasteiger partial charge is 0.271 e. The molecule has 0 spiro atoms. The number of thioether (sulfide) groups is 1. The summed E-state index contributed by atoms with van der Waals surface area (Å²) >= 11 is 1.30. The van der Waals surface area contributed by atoms with Crippen LogP contribution in [0.15, 0.2) is 23.2 Å². The second kappa shape index (κ2) is 5.37. The summed E-state index contributed by atoms with van der Waals surface area (Å²) in [4.78, 5) is 4.13. The van der Waals surface area contributed by atoms with Crippen LogP contribution < -0.4 is 5.32 Å². The number of nitrogens with zero attached hydrogens (tertiary/aromatic N) is 2. The lowest BCUT2D eigenvalue weighted by atomic mass is 10.2. The van der Waals surface area contributed by atoms with E-state index in [0.29, 0.717) is 16.4 Å². The Morgan fingerprint density at radius 2 is 2.33 bits per heavy atom. The third-order valence-electron chi connectivity index (χ3n) is 1.82. The van der Waals surface area contributed by atoms with Gasteiger partial charge < -0.3 is 0 Å². The van der Waals surface area contributed by atoms with Crippen molar-refractivity contribution >= 4 is 22.6 Å². The van der Waals surface area contributed by atoms with E-state index >= 15 is 0 Å². The number of nitriles is 1. The van der Waals surface area contributed by atoms with Crippen LogP contribution in [0.4, 0.5) is 10.1 Å². The first kappa shape index (κ1) is 11.5. The quantitative estimate of drug-likeness (QED) is 0.344. The first-order valence-electron chi connectivity index (χ1n) is 4.22. The lowest BCUT2D eigenvalue weighted by Gasteiger charge is -2.03. The van der Waals surface area contributed by atoms with Gasteiger partial charge in [-0.2, -0.15) is 5.26 Å². The highest BCUT2D eigenvalue weighted by atomic mass is 32.2. The summed E-state index contributed by atoms with van der Waals surface area (Å²) in [5.41, 5.74) is 1.01. The zero-order valence-corrected chi connectivity index (χ0v) is 9.23. The highest BCUT2D eigenvalue weighted by Gasteiger charge is 2.03. The van der Waals surface area contributed by atoms with Gasteiger partial charge >= 0.3 is 0 Å². The molecular weight excluding hydrogens is 213 g/mol. The lowest BCUT2D eigenvalue weighted by molar-refractivity contribution is 0.619. The average Bonchev–Trinajstić information content (AvgIpc) is 2.24. The Balaban J connectivity index is 3.07. The Labute approximate surface area is 92.0 Å². The second-order valence-electron chi connectivity index (χ2n) is 2.74. The zero-order valence-electron chi connectivity index (χ0n) is 8.41. The molecule has 0 amide bonds. The van der Waals surface area contributed by atoms with E-state index in [1.807, 2.05) is 0 Å². The molecule has 0 aliphatic rings. The molecule has 15 heavy (non-hydrogen) atoms. The summed E-state index contributed by atoms with van der Waals surface area (Å²) in [6.07, 6.45) is 3.57. The van der Waals surface area contributed by atoms with Crippen LogP contribution in [0.2, 0.25) is 0 Å². The molecule has 0 unspecified atom stereocenters. The normalized spacial score (nSPS) is 10.9. The number of hydrogen-bond acceptors (Lipinski definition) is 3. The van der Waals surface area contributed by atoms with Crippen LogP contribution >= 0.6 is 11.8 Å². The average molecular weight is 223 g/mol. The van der Waals surface area contributed by atoms with Crippen LogP contribution in [0.5, 0.6) is 0 Å². The van der Waals surface area contributed by atoms with Crippen LogP contribution in [0.3, 0.4) is 0 Å². The van der Waals surface area contributed by atoms with E-state index < -0.39 is 0 Å². The van der Waals surface area contributed by atoms with Crippen LogP contribution in [0.1, 0.15) is 5.56 Å². The summed E-state index contributed by atoms with van der Waals surface area (Å²) in [7, 11) is 0. The molecule has 3 nitrogen and oxygen atoms in total. The second-order valence-corrected chi connectivity index (χ2v) is 3.54. The van der Waals surface area contributed by atoms with Gasteiger partial charge in [-0.3, -0.25) is 5.32 Å². The minimum atomic E-state index is -0.298. The summed E-state index contributed by atoms with van der Waals surface area (Å²) in [6, 6.07) is 4.67. The third kappa shape index (κ3) is 2.96. The molecule has 0 radical (unpaired) electrons. The SMILES string of the molecule is CSC(=Nc1cccc(F)c1C)NC#N. The molecule has 0 saturated carbocycles. The van der Waals surface area contributed by atoms with E-state index in [4.69, 9.17) is 5.26 Å². The fourth-order valence-corrected chi connectivity index (χ4v) is 1.34. The Kier molecular flexibility index (Phi) is 4.13. The Bertz CT molecular complexity index is 423. The molecule has 5 heteroatoms. The molecule has 1 aromatic rings. The van der Waals surface area contributed by atoms with Crippen molar-refractivity contribution in [1.82, 2.24) is 5.32 Å². The van der Waals surface area contributed by atoms with E-state index in [0.717, 1.165) is 0 Å². The van der Waals surface area contributed by atoms with Crippen LogP contribution in [-0.2, 0) is 0 Å². The molecular formula is C10H10FN3S. The highest BCUT2D eigenvalue weighted by molar-refractivity contribution is 8.13. The molecule has 0 aliphatic carbocycles. The van der Waals surface area contributed by atoms with Gasteiger partial charge in [-0.25, -0.2) is 9.38 Å². The fourth-order valence-electron chi connectivity index (χ4n) is 0.999. The molecule has 0 aromatic heterocycles. The number of benzene rings is 1. The van der Waals surface area contributed by atoms with Gasteiger partial charge in [-0.05, 0) is 25.3 Å². The number of rotatable bonds is 1. The maximum absolute atomic E-state index is 13.2. The highest BCUT2D eigenvalue weighted by Crippen LogP contribution is 2.21. The number of aliphatic imine (C=N–C) groups is 1. The molecule has 1 rings (SSSR count). The molecule has 0 atom stereocenters. The van der Waals surface area contributed by atoms with Crippen molar-refractivity contribution in [2.75, 3.05) is 6.26 Å². The topological polar surface area (TPSA) is 48.2 Å². The molecule has 0 heterocycles. The summed E-state index contributed by atoms with van der Waals surface area (Å²) < 4.78 is 13.2. The summed E-state index contributed by atoms with van der Waals surface area (Å²) in [5, 5.41) is 11.3. The lowest BCUT2D eigenvalue weighted by Crippen LogP contribution is -2.12. The van der Waals surface area contributed by atoms with Crippen molar-refractivity contribution in [2.45, 2.75) is 6.92 Å².